The van der Waals surface area contributed by atoms with Gasteiger partial charge in [0.2, 0.25) is 0 Å². The molecule has 33 heavy (non-hydrogen) atoms. The largest absolute Gasteiger partial charge is 0.375 e. The average Bonchev–Trinajstić information content (AvgIpc) is 3.26. The Bertz CT molecular complexity index is 1260. The lowest BCUT2D eigenvalue weighted by atomic mass is 9.88. The highest BCUT2D eigenvalue weighted by molar-refractivity contribution is 6.04. The van der Waals surface area contributed by atoms with Crippen LogP contribution in [0.15, 0.2) is 84.9 Å². The second-order valence-electron chi connectivity index (χ2n) is 8.34. The quantitative estimate of drug-likeness (QED) is 0.385. The van der Waals surface area contributed by atoms with Gasteiger partial charge in [0.1, 0.15) is 0 Å². The van der Waals surface area contributed by atoms with Gasteiger partial charge in [-0.15, -0.1) is 0 Å². The maximum Gasteiger partial charge on any atom is 0.254 e. The maximum absolute atomic E-state index is 13.6. The first-order chi connectivity index (χ1) is 16.2. The van der Waals surface area contributed by atoms with Gasteiger partial charge in [0.05, 0.1) is 24.9 Å². The molecule has 0 bridgehead atoms. The van der Waals surface area contributed by atoms with Crippen LogP contribution < -0.4 is 0 Å². The summed E-state index contributed by atoms with van der Waals surface area (Å²) in [4.78, 5) is 31.5. The predicted molar refractivity (Wildman–Crippen MR) is 128 cm³/mol. The Hall–Kier alpha value is -3.70. The molecule has 1 heterocycles. The van der Waals surface area contributed by atoms with E-state index in [0.717, 1.165) is 22.0 Å². The van der Waals surface area contributed by atoms with Gasteiger partial charge in [-0.1, -0.05) is 66.7 Å². The number of aromatic amines is 1. The molecule has 5 nitrogen and oxygen atoms in total. The third kappa shape index (κ3) is 4.32. The smallest absolute Gasteiger partial charge is 0.254 e. The highest BCUT2D eigenvalue weighted by Gasteiger charge is 2.35. The molecule has 3 aromatic carbocycles. The summed E-state index contributed by atoms with van der Waals surface area (Å²) in [6.45, 7) is 1.35. The molecule has 166 valence electrons. The summed E-state index contributed by atoms with van der Waals surface area (Å²) >= 11 is 0. The number of benzene rings is 3. The van der Waals surface area contributed by atoms with Gasteiger partial charge in [-0.2, -0.15) is 0 Å². The normalized spacial score (nSPS) is 15.4. The molecule has 1 N–H and O–H groups in total. The van der Waals surface area contributed by atoms with E-state index in [4.69, 9.17) is 4.74 Å². The Morgan fingerprint density at radius 1 is 0.939 bits per heavy atom. The molecule has 0 saturated carbocycles. The molecule has 0 radical (unpaired) electrons. The van der Waals surface area contributed by atoms with Crippen LogP contribution in [-0.2, 0) is 11.3 Å². The number of nitrogens with zero attached hydrogens (tertiary/aromatic N) is 1. The van der Waals surface area contributed by atoms with Crippen LogP contribution in [0.25, 0.3) is 10.9 Å². The zero-order valence-corrected chi connectivity index (χ0v) is 18.4. The number of ketones is 1. The van der Waals surface area contributed by atoms with E-state index in [9.17, 15) is 9.59 Å². The SMILES string of the molecule is O=C1CCC(N(CCOCc2ccccc2)C(=O)c2ccccc2)c2c1[nH]c1ccccc21. The lowest BCUT2D eigenvalue weighted by Crippen LogP contribution is -2.39. The van der Waals surface area contributed by atoms with E-state index in [2.05, 4.69) is 4.98 Å². The Balaban J connectivity index is 1.45. The molecule has 5 rings (SSSR count). The molecule has 0 aliphatic heterocycles. The monoisotopic (exact) mass is 438 g/mol. The zero-order valence-electron chi connectivity index (χ0n) is 18.4. The van der Waals surface area contributed by atoms with Gasteiger partial charge in [-0.25, -0.2) is 0 Å². The molecule has 1 unspecified atom stereocenters. The first kappa shape index (κ1) is 21.2. The maximum atomic E-state index is 13.6. The number of H-pyrrole nitrogens is 1. The number of aromatic nitrogens is 1. The van der Waals surface area contributed by atoms with Gasteiger partial charge >= 0.3 is 0 Å². The number of rotatable bonds is 7. The minimum absolute atomic E-state index is 0.0468. The fraction of sp³-hybridized carbons (Fsp3) is 0.214. The molecule has 0 spiro atoms. The summed E-state index contributed by atoms with van der Waals surface area (Å²) in [6, 6.07) is 27.1. The van der Waals surface area contributed by atoms with Crippen molar-refractivity contribution in [2.24, 2.45) is 0 Å². The van der Waals surface area contributed by atoms with Crippen molar-refractivity contribution in [3.8, 4) is 0 Å². The fourth-order valence-electron chi connectivity index (χ4n) is 4.65. The highest BCUT2D eigenvalue weighted by Crippen LogP contribution is 2.39. The number of hydrogen-bond donors (Lipinski definition) is 1. The standard InChI is InChI=1S/C28H26N2O3/c31-25-16-15-24(26-22-13-7-8-14-23(22)29-27(25)26)30(28(32)21-11-5-2-6-12-21)17-18-33-19-20-9-3-1-4-10-20/h1-14,24,29H,15-19H2. The highest BCUT2D eigenvalue weighted by atomic mass is 16.5. The van der Waals surface area contributed by atoms with Crippen LogP contribution in [0, 0.1) is 0 Å². The van der Waals surface area contributed by atoms with Crippen LogP contribution in [0.1, 0.15) is 50.9 Å². The number of fused-ring (bicyclic) bond motifs is 3. The van der Waals surface area contributed by atoms with Crippen molar-refractivity contribution >= 4 is 22.6 Å². The predicted octanol–water partition coefficient (Wildman–Crippen LogP) is 5.54. The van der Waals surface area contributed by atoms with Crippen LogP contribution in [-0.4, -0.2) is 34.7 Å². The van der Waals surface area contributed by atoms with Crippen LogP contribution in [0.4, 0.5) is 0 Å². The minimum atomic E-state index is -0.193. The van der Waals surface area contributed by atoms with Gasteiger partial charge in [-0.3, -0.25) is 9.59 Å². The first-order valence-corrected chi connectivity index (χ1v) is 11.3. The molecule has 1 aliphatic carbocycles. The molecule has 1 aromatic heterocycles. The van der Waals surface area contributed by atoms with E-state index in [1.165, 1.54) is 0 Å². The van der Waals surface area contributed by atoms with E-state index in [-0.39, 0.29) is 17.7 Å². The summed E-state index contributed by atoms with van der Waals surface area (Å²) in [5, 5.41) is 1.00. The molecule has 1 atom stereocenters. The van der Waals surface area contributed by atoms with Crippen molar-refractivity contribution in [2.45, 2.75) is 25.5 Å². The average molecular weight is 439 g/mol. The van der Waals surface area contributed by atoms with E-state index < -0.39 is 0 Å². The summed E-state index contributed by atoms with van der Waals surface area (Å²) in [7, 11) is 0. The number of para-hydroxylation sites is 1. The number of nitrogens with one attached hydrogen (secondary N) is 1. The Morgan fingerprint density at radius 3 is 2.42 bits per heavy atom. The molecule has 1 amide bonds. The van der Waals surface area contributed by atoms with E-state index in [0.29, 0.717) is 43.9 Å². The lowest BCUT2D eigenvalue weighted by molar-refractivity contribution is 0.0484. The number of Topliss-reactive ketones (excluding diaryl/α,β-unsaturated/α-hetero) is 1. The Labute approximate surface area is 193 Å². The van der Waals surface area contributed by atoms with Gasteiger partial charge in [0.15, 0.2) is 5.78 Å². The minimum Gasteiger partial charge on any atom is -0.375 e. The first-order valence-electron chi connectivity index (χ1n) is 11.3. The molecule has 5 heteroatoms. The van der Waals surface area contributed by atoms with E-state index in [1.54, 1.807) is 0 Å². The second-order valence-corrected chi connectivity index (χ2v) is 8.34. The van der Waals surface area contributed by atoms with Crippen molar-refractivity contribution in [1.82, 2.24) is 9.88 Å². The molecular weight excluding hydrogens is 412 g/mol. The Kier molecular flexibility index (Phi) is 6.05. The Morgan fingerprint density at radius 2 is 1.64 bits per heavy atom. The van der Waals surface area contributed by atoms with Gasteiger partial charge < -0.3 is 14.6 Å². The number of ether oxygens (including phenoxy) is 1. The van der Waals surface area contributed by atoms with Crippen LogP contribution in [0.3, 0.4) is 0 Å². The number of carbonyl (C=O) groups is 2. The third-order valence-corrected chi connectivity index (χ3v) is 6.25. The summed E-state index contributed by atoms with van der Waals surface area (Å²) < 4.78 is 5.94. The summed E-state index contributed by atoms with van der Waals surface area (Å²) in [6.07, 6.45) is 1.01. The number of amides is 1. The van der Waals surface area contributed by atoms with Crippen molar-refractivity contribution < 1.29 is 14.3 Å². The third-order valence-electron chi connectivity index (χ3n) is 6.25. The zero-order chi connectivity index (χ0) is 22.6. The van der Waals surface area contributed by atoms with Gasteiger partial charge in [0.25, 0.3) is 5.91 Å². The van der Waals surface area contributed by atoms with Crippen molar-refractivity contribution in [2.75, 3.05) is 13.2 Å². The van der Waals surface area contributed by atoms with E-state index >= 15 is 0 Å². The van der Waals surface area contributed by atoms with Crippen molar-refractivity contribution in [1.29, 1.82) is 0 Å². The van der Waals surface area contributed by atoms with E-state index in [1.807, 2.05) is 89.8 Å². The molecule has 4 aromatic rings. The lowest BCUT2D eigenvalue weighted by Gasteiger charge is -2.34. The number of hydrogen-bond acceptors (Lipinski definition) is 3. The summed E-state index contributed by atoms with van der Waals surface area (Å²) in [5.41, 5.74) is 4.22. The van der Waals surface area contributed by atoms with Gasteiger partial charge in [0, 0.05) is 35.0 Å². The molecule has 1 aliphatic rings. The molecule has 0 saturated heterocycles. The van der Waals surface area contributed by atoms with Crippen molar-refractivity contribution in [3.05, 3.63) is 107 Å². The van der Waals surface area contributed by atoms with Crippen LogP contribution in [0.2, 0.25) is 0 Å². The topological polar surface area (TPSA) is 62.4 Å². The second kappa shape index (κ2) is 9.43. The van der Waals surface area contributed by atoms with Crippen molar-refractivity contribution in [3.63, 3.8) is 0 Å². The fourth-order valence-corrected chi connectivity index (χ4v) is 4.65. The summed E-state index contributed by atoms with van der Waals surface area (Å²) in [5.74, 6) is 0.0550. The van der Waals surface area contributed by atoms with Crippen LogP contribution in [0.5, 0.6) is 0 Å². The number of carbonyl (C=O) groups excluding carboxylic acids is 2. The molecule has 0 fully saturated rings. The molecular formula is C28H26N2O3. The van der Waals surface area contributed by atoms with Crippen LogP contribution >= 0.6 is 0 Å². The van der Waals surface area contributed by atoms with Gasteiger partial charge in [-0.05, 0) is 30.2 Å².